The second-order valence-electron chi connectivity index (χ2n) is 13.6. The quantitative estimate of drug-likeness (QED) is 0.358. The first-order valence-electron chi connectivity index (χ1n) is 14.9. The summed E-state index contributed by atoms with van der Waals surface area (Å²) < 4.78 is 5.93. The fraction of sp³-hybridized carbons (Fsp3) is 0.676. The van der Waals surface area contributed by atoms with E-state index in [1.165, 1.54) is 50.5 Å². The lowest BCUT2D eigenvalue weighted by atomic mass is 9.48. The van der Waals surface area contributed by atoms with E-state index in [2.05, 4.69) is 52.8 Å². The van der Waals surface area contributed by atoms with Crippen molar-refractivity contribution >= 4 is 5.97 Å². The Morgan fingerprint density at radius 2 is 1.75 bits per heavy atom. The first-order chi connectivity index (χ1) is 17.2. The van der Waals surface area contributed by atoms with Gasteiger partial charge in [-0.05, 0) is 109 Å². The van der Waals surface area contributed by atoms with Crippen LogP contribution in [-0.4, -0.2) is 12.1 Å². The molecule has 0 radical (unpaired) electrons. The maximum atomic E-state index is 12.7. The van der Waals surface area contributed by atoms with Gasteiger partial charge in [0.25, 0.3) is 0 Å². The highest BCUT2D eigenvalue weighted by Crippen LogP contribution is 2.66. The Hall–Kier alpha value is -1.83. The molecule has 4 aliphatic carbocycles. The molecule has 0 unspecified atom stereocenters. The van der Waals surface area contributed by atoms with Gasteiger partial charge in [-0.25, -0.2) is 4.79 Å². The summed E-state index contributed by atoms with van der Waals surface area (Å²) in [6.07, 6.45) is 19.0. The summed E-state index contributed by atoms with van der Waals surface area (Å²) in [5.41, 5.74) is 2.78. The van der Waals surface area contributed by atoms with Crippen molar-refractivity contribution in [3.05, 3.63) is 59.7 Å². The number of allylic oxidation sites excluding steroid dienone is 3. The standard InChI is InChI=1S/C34H48O2/c1-23(2)10-9-11-24(3)29-16-17-30-28-15-14-26-22-27(36-32(35)25-12-7-6-8-13-25)18-20-33(26,4)31(28)19-21-34(29,30)5/h6-8,12-15,22-24,27-31H,9-11,16-21H2,1-5H3/t24-,27-,28+,29-,30+,31+,33-,34-/m0/s1. The first-order valence-corrected chi connectivity index (χ1v) is 14.9. The minimum atomic E-state index is -0.202. The molecule has 0 amide bonds. The Morgan fingerprint density at radius 3 is 2.50 bits per heavy atom. The van der Waals surface area contributed by atoms with Gasteiger partial charge in [0.2, 0.25) is 0 Å². The normalized spacial score (nSPS) is 38.1. The Labute approximate surface area is 220 Å². The molecule has 0 saturated heterocycles. The minimum absolute atomic E-state index is 0.113. The highest BCUT2D eigenvalue weighted by molar-refractivity contribution is 5.89. The lowest BCUT2D eigenvalue weighted by Crippen LogP contribution is -2.49. The molecule has 36 heavy (non-hydrogen) atoms. The highest BCUT2D eigenvalue weighted by atomic mass is 16.5. The zero-order chi connectivity index (χ0) is 25.5. The molecular formula is C34H48O2. The van der Waals surface area contributed by atoms with Crippen molar-refractivity contribution in [2.45, 2.75) is 98.5 Å². The lowest BCUT2D eigenvalue weighted by molar-refractivity contribution is -0.0316. The predicted octanol–water partition coefficient (Wildman–Crippen LogP) is 9.03. The van der Waals surface area contributed by atoms with E-state index >= 15 is 0 Å². The van der Waals surface area contributed by atoms with Gasteiger partial charge >= 0.3 is 5.97 Å². The van der Waals surface area contributed by atoms with E-state index in [4.69, 9.17) is 4.74 Å². The number of ether oxygens (including phenoxy) is 1. The van der Waals surface area contributed by atoms with Gasteiger partial charge < -0.3 is 4.74 Å². The Morgan fingerprint density at radius 1 is 0.972 bits per heavy atom. The van der Waals surface area contributed by atoms with Crippen molar-refractivity contribution in [3.8, 4) is 0 Å². The van der Waals surface area contributed by atoms with Gasteiger partial charge in [-0.1, -0.05) is 84.2 Å². The summed E-state index contributed by atoms with van der Waals surface area (Å²) in [7, 11) is 0. The van der Waals surface area contributed by atoms with Crippen LogP contribution in [0.4, 0.5) is 0 Å². The number of esters is 1. The molecule has 0 spiro atoms. The molecule has 4 aliphatic rings. The van der Waals surface area contributed by atoms with Crippen molar-refractivity contribution in [2.75, 3.05) is 0 Å². The molecule has 2 fully saturated rings. The molecule has 0 aromatic heterocycles. The van der Waals surface area contributed by atoms with Crippen LogP contribution in [0.25, 0.3) is 0 Å². The number of rotatable bonds is 7. The number of hydrogen-bond donors (Lipinski definition) is 0. The molecule has 1 aromatic rings. The number of fused-ring (bicyclic) bond motifs is 5. The van der Waals surface area contributed by atoms with Gasteiger partial charge in [-0.15, -0.1) is 0 Å². The average Bonchev–Trinajstić information content (AvgIpc) is 3.22. The van der Waals surface area contributed by atoms with Gasteiger partial charge in [0, 0.05) is 0 Å². The Balaban J connectivity index is 1.30. The van der Waals surface area contributed by atoms with E-state index in [0.29, 0.717) is 16.9 Å². The Bertz CT molecular complexity index is 990. The molecular weight excluding hydrogens is 440 g/mol. The molecule has 2 saturated carbocycles. The van der Waals surface area contributed by atoms with Crippen molar-refractivity contribution in [3.63, 3.8) is 0 Å². The van der Waals surface area contributed by atoms with Crippen LogP contribution in [0.5, 0.6) is 0 Å². The maximum Gasteiger partial charge on any atom is 0.338 e. The van der Waals surface area contributed by atoms with Crippen molar-refractivity contribution < 1.29 is 9.53 Å². The molecule has 0 aliphatic heterocycles. The first kappa shape index (κ1) is 25.8. The number of benzene rings is 1. The molecule has 0 bridgehead atoms. The third-order valence-electron chi connectivity index (χ3n) is 11.1. The van der Waals surface area contributed by atoms with Gasteiger partial charge in [0.1, 0.15) is 6.10 Å². The smallest absolute Gasteiger partial charge is 0.338 e. The molecule has 2 heteroatoms. The maximum absolute atomic E-state index is 12.7. The summed E-state index contributed by atoms with van der Waals surface area (Å²) in [5.74, 6) is 4.64. The second-order valence-corrected chi connectivity index (χ2v) is 13.6. The van der Waals surface area contributed by atoms with E-state index in [9.17, 15) is 4.79 Å². The number of carbonyl (C=O) groups excluding carboxylic acids is 1. The highest BCUT2D eigenvalue weighted by Gasteiger charge is 2.58. The summed E-state index contributed by atoms with van der Waals surface area (Å²) >= 11 is 0. The topological polar surface area (TPSA) is 26.3 Å². The van der Waals surface area contributed by atoms with E-state index in [1.807, 2.05) is 30.3 Å². The zero-order valence-electron chi connectivity index (χ0n) is 23.3. The van der Waals surface area contributed by atoms with Gasteiger partial charge in [0.05, 0.1) is 5.56 Å². The zero-order valence-corrected chi connectivity index (χ0v) is 23.3. The second kappa shape index (κ2) is 10.1. The molecule has 8 atom stereocenters. The van der Waals surface area contributed by atoms with Gasteiger partial charge in [-0.2, -0.15) is 0 Å². The molecule has 2 nitrogen and oxygen atoms in total. The van der Waals surface area contributed by atoms with Gasteiger partial charge in [-0.3, -0.25) is 0 Å². The average molecular weight is 489 g/mol. The van der Waals surface area contributed by atoms with E-state index < -0.39 is 0 Å². The fourth-order valence-corrected chi connectivity index (χ4v) is 9.02. The lowest BCUT2D eigenvalue weighted by Gasteiger charge is -2.57. The van der Waals surface area contributed by atoms with E-state index in [1.54, 1.807) is 0 Å². The summed E-state index contributed by atoms with van der Waals surface area (Å²) in [6.45, 7) is 12.4. The summed E-state index contributed by atoms with van der Waals surface area (Å²) in [4.78, 5) is 12.7. The van der Waals surface area contributed by atoms with Crippen molar-refractivity contribution in [2.24, 2.45) is 46.3 Å². The molecule has 0 N–H and O–H groups in total. The van der Waals surface area contributed by atoms with Gasteiger partial charge in [0.15, 0.2) is 0 Å². The van der Waals surface area contributed by atoms with Crippen molar-refractivity contribution in [1.82, 2.24) is 0 Å². The minimum Gasteiger partial charge on any atom is -0.455 e. The van der Waals surface area contributed by atoms with Crippen LogP contribution in [0.1, 0.15) is 103 Å². The molecule has 0 heterocycles. The largest absolute Gasteiger partial charge is 0.455 e. The van der Waals surface area contributed by atoms with Crippen LogP contribution in [0.3, 0.4) is 0 Å². The van der Waals surface area contributed by atoms with E-state index in [-0.39, 0.29) is 17.5 Å². The third-order valence-corrected chi connectivity index (χ3v) is 11.1. The molecule has 5 rings (SSSR count). The van der Waals surface area contributed by atoms with E-state index in [0.717, 1.165) is 42.4 Å². The Kier molecular flexibility index (Phi) is 7.27. The van der Waals surface area contributed by atoms with Crippen LogP contribution in [0.15, 0.2) is 54.1 Å². The van der Waals surface area contributed by atoms with Crippen LogP contribution < -0.4 is 0 Å². The molecule has 1 aromatic carbocycles. The van der Waals surface area contributed by atoms with Crippen LogP contribution in [0.2, 0.25) is 0 Å². The fourth-order valence-electron chi connectivity index (χ4n) is 9.02. The van der Waals surface area contributed by atoms with Crippen LogP contribution >= 0.6 is 0 Å². The van der Waals surface area contributed by atoms with Crippen LogP contribution in [-0.2, 0) is 4.74 Å². The SMILES string of the molecule is CC(C)CCC[C@H](C)[C@@H]1CC[C@@H]2[C@H]3C=CC4=C[C@@H](OC(=O)c5ccccc5)CC[C@]4(C)[C@@H]3CC[C@]21C. The third kappa shape index (κ3) is 4.63. The summed E-state index contributed by atoms with van der Waals surface area (Å²) in [5, 5.41) is 0. The summed E-state index contributed by atoms with van der Waals surface area (Å²) in [6, 6.07) is 9.41. The predicted molar refractivity (Wildman–Crippen MR) is 149 cm³/mol. The van der Waals surface area contributed by atoms with Crippen LogP contribution in [0, 0.1) is 46.3 Å². The van der Waals surface area contributed by atoms with Crippen molar-refractivity contribution in [1.29, 1.82) is 0 Å². The number of hydrogen-bond acceptors (Lipinski definition) is 2. The number of carbonyl (C=O) groups is 1. The molecule has 196 valence electrons. The monoisotopic (exact) mass is 488 g/mol.